The summed E-state index contributed by atoms with van der Waals surface area (Å²) in [6.45, 7) is -1.06. The SMILES string of the molecule is C#C[C@@](O)([C@H]1COc2c(cn(C)c2C(=O)Nc2ccc(F)c(C#N)c2)S(=O)(=O)N1)C(F)(F)F. The quantitative estimate of drug-likeness (QED) is 0.442. The molecule has 14 heteroatoms. The van der Waals surface area contributed by atoms with Gasteiger partial charge in [0.15, 0.2) is 11.4 Å². The second kappa shape index (κ2) is 8.08. The zero-order chi connectivity index (χ0) is 24.8. The first-order valence-electron chi connectivity index (χ1n) is 8.87. The summed E-state index contributed by atoms with van der Waals surface area (Å²) in [5.41, 5.74) is -4.69. The number of amides is 1. The standard InChI is InChI=1S/C19H14F4N4O5S/c1-3-18(29,19(21,22)23)14-9-32-16-13(33(30,31)26-14)8-27(2)15(16)17(28)25-11-4-5-12(20)10(6-11)7-24/h1,4-6,8,14,26,29H,9H2,2H3,(H,25,28)/t14-,18-/m1/s1. The molecule has 0 spiro atoms. The Kier molecular flexibility index (Phi) is 5.89. The molecule has 3 N–H and O–H groups in total. The molecule has 2 atom stereocenters. The molecule has 0 bridgehead atoms. The van der Waals surface area contributed by atoms with Crippen LogP contribution < -0.4 is 14.8 Å². The number of carbonyl (C=O) groups excluding carboxylic acids is 1. The van der Waals surface area contributed by atoms with Crippen LogP contribution in [0.2, 0.25) is 0 Å². The lowest BCUT2D eigenvalue weighted by Gasteiger charge is -2.32. The molecule has 3 rings (SSSR count). The summed E-state index contributed by atoms with van der Waals surface area (Å²) in [4.78, 5) is 12.1. The van der Waals surface area contributed by atoms with Crippen LogP contribution in [0.15, 0.2) is 29.3 Å². The molecule has 9 nitrogen and oxygen atoms in total. The maximum atomic E-state index is 13.5. The van der Waals surface area contributed by atoms with E-state index in [1.807, 2.05) is 0 Å². The van der Waals surface area contributed by atoms with Gasteiger partial charge < -0.3 is 19.7 Å². The summed E-state index contributed by atoms with van der Waals surface area (Å²) >= 11 is 0. The summed E-state index contributed by atoms with van der Waals surface area (Å²) in [6, 6.07) is 2.35. The number of aryl methyl sites for hydroxylation is 1. The maximum absolute atomic E-state index is 13.5. The second-order valence-corrected chi connectivity index (χ2v) is 8.62. The number of fused-ring (bicyclic) bond motifs is 1. The summed E-state index contributed by atoms with van der Waals surface area (Å²) in [5, 5.41) is 21.2. The Morgan fingerprint density at radius 1 is 1.42 bits per heavy atom. The number of aliphatic hydroxyl groups is 1. The predicted octanol–water partition coefficient (Wildman–Crippen LogP) is 1.25. The molecule has 2 aromatic rings. The van der Waals surface area contributed by atoms with Crippen LogP contribution in [0.25, 0.3) is 0 Å². The fraction of sp³-hybridized carbons (Fsp3) is 0.263. The number of benzene rings is 1. The van der Waals surface area contributed by atoms with E-state index >= 15 is 0 Å². The number of hydrogen-bond acceptors (Lipinski definition) is 6. The second-order valence-electron chi connectivity index (χ2n) is 6.94. The summed E-state index contributed by atoms with van der Waals surface area (Å²) in [5.74, 6) is -1.24. The summed E-state index contributed by atoms with van der Waals surface area (Å²) in [6.07, 6.45) is 0.353. The third-order valence-electron chi connectivity index (χ3n) is 4.80. The molecule has 0 fully saturated rings. The van der Waals surface area contributed by atoms with Gasteiger partial charge in [-0.15, -0.1) is 6.42 Å². The van der Waals surface area contributed by atoms with Crippen molar-refractivity contribution in [2.45, 2.75) is 22.7 Å². The van der Waals surface area contributed by atoms with Gasteiger partial charge in [-0.3, -0.25) is 4.79 Å². The van der Waals surface area contributed by atoms with E-state index in [0.29, 0.717) is 0 Å². The Hall–Kier alpha value is -3.59. The van der Waals surface area contributed by atoms with E-state index in [-0.39, 0.29) is 11.3 Å². The highest BCUT2D eigenvalue weighted by molar-refractivity contribution is 7.89. The first kappa shape index (κ1) is 24.1. The van der Waals surface area contributed by atoms with Crippen molar-refractivity contribution in [1.82, 2.24) is 9.29 Å². The van der Waals surface area contributed by atoms with E-state index < -0.39 is 62.5 Å². The van der Waals surface area contributed by atoms with Crippen LogP contribution in [0, 0.1) is 29.5 Å². The molecule has 0 radical (unpaired) electrons. The predicted molar refractivity (Wildman–Crippen MR) is 104 cm³/mol. The molecule has 1 amide bonds. The number of sulfonamides is 1. The minimum atomic E-state index is -5.40. The number of hydrogen-bond donors (Lipinski definition) is 3. The number of nitrogens with zero attached hydrogens (tertiary/aromatic N) is 2. The van der Waals surface area contributed by atoms with Gasteiger partial charge in [-0.1, -0.05) is 5.92 Å². The van der Waals surface area contributed by atoms with Gasteiger partial charge in [-0.25, -0.2) is 17.5 Å². The van der Waals surface area contributed by atoms with Crippen molar-refractivity contribution in [2.24, 2.45) is 7.05 Å². The van der Waals surface area contributed by atoms with Gasteiger partial charge >= 0.3 is 6.18 Å². The molecule has 0 unspecified atom stereocenters. The van der Waals surface area contributed by atoms with E-state index in [4.69, 9.17) is 16.4 Å². The number of nitrogens with one attached hydrogen (secondary N) is 2. The topological polar surface area (TPSA) is 133 Å². The van der Waals surface area contributed by atoms with Crippen molar-refractivity contribution in [3.05, 3.63) is 41.5 Å². The average Bonchev–Trinajstić information content (AvgIpc) is 3.01. The minimum Gasteiger partial charge on any atom is -0.488 e. The van der Waals surface area contributed by atoms with Crippen LogP contribution in [0.3, 0.4) is 0 Å². The number of rotatable bonds is 3. The van der Waals surface area contributed by atoms with Crippen molar-refractivity contribution in [3.63, 3.8) is 0 Å². The molecule has 2 heterocycles. The van der Waals surface area contributed by atoms with Crippen molar-refractivity contribution in [2.75, 3.05) is 11.9 Å². The lowest BCUT2D eigenvalue weighted by Crippen LogP contribution is -2.61. The number of nitriles is 1. The lowest BCUT2D eigenvalue weighted by molar-refractivity contribution is -0.245. The van der Waals surface area contributed by atoms with Crippen LogP contribution in [0.5, 0.6) is 5.75 Å². The Bertz CT molecular complexity index is 1320. The van der Waals surface area contributed by atoms with E-state index in [9.17, 15) is 35.9 Å². The molecule has 1 aliphatic heterocycles. The van der Waals surface area contributed by atoms with E-state index in [1.54, 1.807) is 10.8 Å². The Morgan fingerprint density at radius 3 is 2.67 bits per heavy atom. The van der Waals surface area contributed by atoms with Gasteiger partial charge in [0.1, 0.15) is 29.4 Å². The Labute approximate surface area is 184 Å². The van der Waals surface area contributed by atoms with Gasteiger partial charge in [-0.2, -0.15) is 18.4 Å². The van der Waals surface area contributed by atoms with Gasteiger partial charge in [0.2, 0.25) is 15.6 Å². The van der Waals surface area contributed by atoms with E-state index in [0.717, 1.165) is 34.9 Å². The zero-order valence-corrected chi connectivity index (χ0v) is 17.4. The van der Waals surface area contributed by atoms with Gasteiger partial charge in [-0.05, 0) is 18.2 Å². The normalized spacial score (nSPS) is 19.1. The van der Waals surface area contributed by atoms with Gasteiger partial charge in [0, 0.05) is 18.9 Å². The van der Waals surface area contributed by atoms with Crippen molar-refractivity contribution in [3.8, 4) is 24.2 Å². The number of aromatic nitrogens is 1. The van der Waals surface area contributed by atoms with Gasteiger partial charge in [0.25, 0.3) is 5.91 Å². The molecular formula is C19H14F4N4O5S. The van der Waals surface area contributed by atoms with Crippen molar-refractivity contribution < 1.29 is 40.6 Å². The van der Waals surface area contributed by atoms with Crippen molar-refractivity contribution >= 4 is 21.6 Å². The van der Waals surface area contributed by atoms with Crippen LogP contribution in [0.1, 0.15) is 16.1 Å². The number of carbonyl (C=O) groups is 1. The molecule has 1 aliphatic rings. The molecule has 0 aliphatic carbocycles. The highest BCUT2D eigenvalue weighted by Crippen LogP contribution is 2.38. The Balaban J connectivity index is 2.01. The average molecular weight is 486 g/mol. The first-order valence-corrected chi connectivity index (χ1v) is 10.4. The fourth-order valence-corrected chi connectivity index (χ4v) is 4.52. The number of alkyl halides is 3. The third-order valence-corrected chi connectivity index (χ3v) is 6.26. The van der Waals surface area contributed by atoms with E-state index in [2.05, 4.69) is 5.32 Å². The molecule has 1 aromatic heterocycles. The summed E-state index contributed by atoms with van der Waals surface area (Å²) in [7, 11) is -3.45. The molecule has 0 saturated carbocycles. The van der Waals surface area contributed by atoms with E-state index in [1.165, 1.54) is 7.05 Å². The minimum absolute atomic E-state index is 0.0147. The zero-order valence-electron chi connectivity index (χ0n) is 16.6. The largest absolute Gasteiger partial charge is 0.488 e. The fourth-order valence-electron chi connectivity index (χ4n) is 3.09. The van der Waals surface area contributed by atoms with Crippen LogP contribution >= 0.6 is 0 Å². The third kappa shape index (κ3) is 4.11. The molecule has 174 valence electrons. The highest BCUT2D eigenvalue weighted by Gasteiger charge is 2.60. The maximum Gasteiger partial charge on any atom is 0.430 e. The number of halogens is 4. The Morgan fingerprint density at radius 2 is 2.09 bits per heavy atom. The van der Waals surface area contributed by atoms with Crippen LogP contribution in [0.4, 0.5) is 23.2 Å². The van der Waals surface area contributed by atoms with Crippen molar-refractivity contribution in [1.29, 1.82) is 5.26 Å². The van der Waals surface area contributed by atoms with Crippen LogP contribution in [-0.4, -0.2) is 48.4 Å². The molecule has 33 heavy (non-hydrogen) atoms. The van der Waals surface area contributed by atoms with Crippen LogP contribution in [-0.2, 0) is 17.1 Å². The summed E-state index contributed by atoms with van der Waals surface area (Å²) < 4.78 is 86.8. The molecule has 1 aromatic carbocycles. The number of ether oxygens (including phenoxy) is 1. The monoisotopic (exact) mass is 486 g/mol. The smallest absolute Gasteiger partial charge is 0.430 e. The lowest BCUT2D eigenvalue weighted by atomic mass is 9.95. The van der Waals surface area contributed by atoms with Gasteiger partial charge in [0.05, 0.1) is 5.56 Å². The molecule has 0 saturated heterocycles. The molecular weight excluding hydrogens is 472 g/mol. The first-order chi connectivity index (χ1) is 15.2. The number of terminal acetylenes is 1. The number of anilines is 1. The highest BCUT2D eigenvalue weighted by atomic mass is 32.2.